The number of benzene rings is 6. The molecule has 1 nitrogen and oxygen atoms in total. The molecular formula is C36H27N. The van der Waals surface area contributed by atoms with Crippen LogP contribution in [0.25, 0.3) is 49.0 Å². The molecule has 0 saturated carbocycles. The third kappa shape index (κ3) is 4.48. The van der Waals surface area contributed by atoms with E-state index in [9.17, 15) is 0 Å². The van der Waals surface area contributed by atoms with Gasteiger partial charge in [-0.25, -0.2) is 0 Å². The molecule has 0 amide bonds. The molecule has 0 aliphatic carbocycles. The van der Waals surface area contributed by atoms with Crippen molar-refractivity contribution in [3.63, 3.8) is 0 Å². The summed E-state index contributed by atoms with van der Waals surface area (Å²) in [6.07, 6.45) is 8.10. The largest absolute Gasteiger partial charge is 0.257 e. The van der Waals surface area contributed by atoms with E-state index in [1.807, 2.05) is 19.2 Å². The third-order valence-electron chi connectivity index (χ3n) is 6.88. The molecule has 0 aromatic heterocycles. The molecule has 0 spiro atoms. The Bertz CT molecular complexity index is 1770. The van der Waals surface area contributed by atoms with E-state index in [0.717, 1.165) is 11.3 Å². The standard InChI is InChI=1S/C36H27N/c1-2-10-26(27-11-4-3-5-12-27)23-24-37-30-20-17-28(18-21-30)29-19-22-35-33-15-7-6-13-31(33)32-14-8-9-16-34(32)36(35)25-29/h2-25H,1H3/b10-2-,26-23+,37-24?. The summed E-state index contributed by atoms with van der Waals surface area (Å²) >= 11 is 0. The molecule has 6 aromatic carbocycles. The van der Waals surface area contributed by atoms with Crippen LogP contribution >= 0.6 is 0 Å². The quantitative estimate of drug-likeness (QED) is 0.134. The monoisotopic (exact) mass is 473 g/mol. The Morgan fingerprint density at radius 2 is 1.08 bits per heavy atom. The van der Waals surface area contributed by atoms with Gasteiger partial charge in [0.05, 0.1) is 5.69 Å². The van der Waals surface area contributed by atoms with Gasteiger partial charge in [0.2, 0.25) is 0 Å². The zero-order valence-corrected chi connectivity index (χ0v) is 20.8. The SMILES string of the molecule is C/C=C\C(=C/C=Nc1ccc(-c2ccc3c4ccccc4c4ccccc4c3c2)cc1)c1ccccc1. The van der Waals surface area contributed by atoms with Gasteiger partial charge in [-0.3, -0.25) is 4.99 Å². The first-order valence-electron chi connectivity index (χ1n) is 12.7. The van der Waals surface area contributed by atoms with Crippen LogP contribution in [0.3, 0.4) is 0 Å². The lowest BCUT2D eigenvalue weighted by molar-refractivity contribution is 1.53. The average molecular weight is 474 g/mol. The van der Waals surface area contributed by atoms with Gasteiger partial charge in [0, 0.05) is 6.21 Å². The summed E-state index contributed by atoms with van der Waals surface area (Å²) in [5, 5.41) is 7.78. The lowest BCUT2D eigenvalue weighted by Crippen LogP contribution is -1.85. The van der Waals surface area contributed by atoms with Crippen molar-refractivity contribution in [1.29, 1.82) is 0 Å². The summed E-state index contributed by atoms with van der Waals surface area (Å²) in [4.78, 5) is 4.68. The van der Waals surface area contributed by atoms with Crippen LogP contribution in [0.5, 0.6) is 0 Å². The van der Waals surface area contributed by atoms with Crippen molar-refractivity contribution in [2.75, 3.05) is 0 Å². The van der Waals surface area contributed by atoms with Crippen LogP contribution in [0.4, 0.5) is 5.69 Å². The fourth-order valence-electron chi connectivity index (χ4n) is 5.09. The molecule has 0 bridgehead atoms. The summed E-state index contributed by atoms with van der Waals surface area (Å²) in [7, 11) is 0. The van der Waals surface area contributed by atoms with Gasteiger partial charge in [-0.2, -0.15) is 0 Å². The van der Waals surface area contributed by atoms with E-state index in [0.29, 0.717) is 0 Å². The molecule has 0 fully saturated rings. The number of rotatable bonds is 5. The molecule has 1 heteroatoms. The molecule has 176 valence electrons. The maximum atomic E-state index is 4.68. The third-order valence-corrected chi connectivity index (χ3v) is 6.88. The van der Waals surface area contributed by atoms with Gasteiger partial charge in [0.1, 0.15) is 0 Å². The predicted molar refractivity (Wildman–Crippen MR) is 162 cm³/mol. The molecule has 0 aliphatic heterocycles. The molecule has 0 heterocycles. The van der Waals surface area contributed by atoms with Gasteiger partial charge in [0.15, 0.2) is 0 Å². The van der Waals surface area contributed by atoms with Gasteiger partial charge in [-0.1, -0.05) is 115 Å². The fraction of sp³-hybridized carbons (Fsp3) is 0.0278. The summed E-state index contributed by atoms with van der Waals surface area (Å²) in [5.74, 6) is 0. The van der Waals surface area contributed by atoms with Crippen LogP contribution in [0.1, 0.15) is 12.5 Å². The highest BCUT2D eigenvalue weighted by atomic mass is 14.7. The maximum Gasteiger partial charge on any atom is 0.0630 e. The summed E-state index contributed by atoms with van der Waals surface area (Å²) in [5.41, 5.74) is 5.65. The summed E-state index contributed by atoms with van der Waals surface area (Å²) in [6, 6.07) is 43.1. The molecule has 37 heavy (non-hydrogen) atoms. The van der Waals surface area contributed by atoms with Gasteiger partial charge >= 0.3 is 0 Å². The molecular weight excluding hydrogens is 446 g/mol. The van der Waals surface area contributed by atoms with Crippen LogP contribution in [0, 0.1) is 0 Å². The Balaban J connectivity index is 1.34. The first-order chi connectivity index (χ1) is 18.3. The molecule has 0 saturated heterocycles. The van der Waals surface area contributed by atoms with E-state index in [-0.39, 0.29) is 0 Å². The smallest absolute Gasteiger partial charge is 0.0630 e. The maximum absolute atomic E-state index is 4.68. The fourth-order valence-corrected chi connectivity index (χ4v) is 5.09. The molecule has 0 atom stereocenters. The van der Waals surface area contributed by atoms with E-state index in [1.165, 1.54) is 49.0 Å². The number of nitrogens with zero attached hydrogens (tertiary/aromatic N) is 1. The normalized spacial score (nSPS) is 12.4. The Labute approximate surface area is 217 Å². The predicted octanol–water partition coefficient (Wildman–Crippen LogP) is 10.2. The van der Waals surface area contributed by atoms with E-state index >= 15 is 0 Å². The lowest BCUT2D eigenvalue weighted by atomic mass is 9.92. The van der Waals surface area contributed by atoms with Crippen LogP contribution < -0.4 is 0 Å². The molecule has 0 N–H and O–H groups in total. The Morgan fingerprint density at radius 3 is 1.70 bits per heavy atom. The lowest BCUT2D eigenvalue weighted by Gasteiger charge is -2.12. The second kappa shape index (κ2) is 10.1. The van der Waals surface area contributed by atoms with Gasteiger partial charge in [-0.15, -0.1) is 0 Å². The average Bonchev–Trinajstić information content (AvgIpc) is 2.97. The second-order valence-corrected chi connectivity index (χ2v) is 9.16. The van der Waals surface area contributed by atoms with E-state index in [2.05, 4.69) is 138 Å². The highest BCUT2D eigenvalue weighted by Gasteiger charge is 2.09. The highest BCUT2D eigenvalue weighted by molar-refractivity contribution is 6.25. The number of fused-ring (bicyclic) bond motifs is 6. The number of hydrogen-bond acceptors (Lipinski definition) is 1. The van der Waals surface area contributed by atoms with Crippen LogP contribution in [0.2, 0.25) is 0 Å². The minimum atomic E-state index is 0.935. The minimum absolute atomic E-state index is 0.935. The number of hydrogen-bond donors (Lipinski definition) is 0. The van der Waals surface area contributed by atoms with Crippen molar-refractivity contribution in [3.8, 4) is 11.1 Å². The first-order valence-corrected chi connectivity index (χ1v) is 12.7. The molecule has 6 aromatic rings. The van der Waals surface area contributed by atoms with Crippen molar-refractivity contribution in [1.82, 2.24) is 0 Å². The Kier molecular flexibility index (Phi) is 6.19. The topological polar surface area (TPSA) is 12.4 Å². The highest BCUT2D eigenvalue weighted by Crippen LogP contribution is 2.37. The van der Waals surface area contributed by atoms with Gasteiger partial charge < -0.3 is 0 Å². The molecule has 6 rings (SSSR count). The first kappa shape index (κ1) is 22.7. The zero-order valence-electron chi connectivity index (χ0n) is 20.8. The minimum Gasteiger partial charge on any atom is -0.257 e. The van der Waals surface area contributed by atoms with Crippen LogP contribution in [-0.4, -0.2) is 6.21 Å². The summed E-state index contributed by atoms with van der Waals surface area (Å²) in [6.45, 7) is 2.03. The molecule has 0 radical (unpaired) electrons. The van der Waals surface area contributed by atoms with E-state index in [4.69, 9.17) is 0 Å². The molecule has 0 unspecified atom stereocenters. The van der Waals surface area contributed by atoms with Crippen LogP contribution in [-0.2, 0) is 0 Å². The van der Waals surface area contributed by atoms with Crippen molar-refractivity contribution >= 4 is 49.8 Å². The molecule has 0 aliphatic rings. The van der Waals surface area contributed by atoms with Crippen molar-refractivity contribution in [2.24, 2.45) is 4.99 Å². The number of aliphatic imine (C=N–C) groups is 1. The number of allylic oxidation sites excluding steroid dienone is 4. The van der Waals surface area contributed by atoms with Crippen molar-refractivity contribution in [2.45, 2.75) is 6.92 Å². The zero-order chi connectivity index (χ0) is 25.0. The van der Waals surface area contributed by atoms with Gasteiger partial charge in [0.25, 0.3) is 0 Å². The Morgan fingerprint density at radius 1 is 0.541 bits per heavy atom. The van der Waals surface area contributed by atoms with Crippen molar-refractivity contribution in [3.05, 3.63) is 145 Å². The van der Waals surface area contributed by atoms with Gasteiger partial charge in [-0.05, 0) is 85.8 Å². The van der Waals surface area contributed by atoms with E-state index < -0.39 is 0 Å². The Hall–Kier alpha value is -4.75. The van der Waals surface area contributed by atoms with Crippen molar-refractivity contribution < 1.29 is 0 Å². The van der Waals surface area contributed by atoms with Crippen LogP contribution in [0.15, 0.2) is 145 Å². The van der Waals surface area contributed by atoms with E-state index in [1.54, 1.807) is 0 Å². The second-order valence-electron chi connectivity index (χ2n) is 9.16. The summed E-state index contributed by atoms with van der Waals surface area (Å²) < 4.78 is 0.